The van der Waals surface area contributed by atoms with Gasteiger partial charge in [-0.2, -0.15) is 0 Å². The predicted molar refractivity (Wildman–Crippen MR) is 53.1 cm³/mol. The van der Waals surface area contributed by atoms with Crippen molar-refractivity contribution in [3.8, 4) is 11.8 Å². The van der Waals surface area contributed by atoms with Gasteiger partial charge in [0.2, 0.25) is 0 Å². The van der Waals surface area contributed by atoms with E-state index in [4.69, 9.17) is 5.11 Å². The maximum absolute atomic E-state index is 10.2. The van der Waals surface area contributed by atoms with Gasteiger partial charge in [0.05, 0.1) is 0 Å². The highest BCUT2D eigenvalue weighted by Gasteiger charge is 1.97. The summed E-state index contributed by atoms with van der Waals surface area (Å²) in [6.07, 6.45) is 1.20. The van der Waals surface area contributed by atoms with Gasteiger partial charge in [-0.1, -0.05) is 18.8 Å². The number of rotatable bonds is 1. The Balaban J connectivity index is 2.73. The van der Waals surface area contributed by atoms with Crippen molar-refractivity contribution in [2.75, 3.05) is 5.32 Å². The summed E-state index contributed by atoms with van der Waals surface area (Å²) in [5.74, 6) is 6.09. The summed E-state index contributed by atoms with van der Waals surface area (Å²) in [5.41, 5.74) is 0.780. The molecule has 1 aromatic heterocycles. The maximum atomic E-state index is 10.2. The van der Waals surface area contributed by atoms with E-state index in [0.29, 0.717) is 5.82 Å². The van der Waals surface area contributed by atoms with Crippen LogP contribution in [-0.4, -0.2) is 16.2 Å². The van der Waals surface area contributed by atoms with Gasteiger partial charge in [0.1, 0.15) is 5.82 Å². The number of aromatic nitrogens is 1. The normalized spacial score (nSPS) is 8.64. The molecule has 14 heavy (non-hydrogen) atoms. The molecule has 0 saturated carbocycles. The van der Waals surface area contributed by atoms with E-state index < -0.39 is 6.09 Å². The molecule has 1 rings (SSSR count). The van der Waals surface area contributed by atoms with Crippen LogP contribution in [0, 0.1) is 11.8 Å². The van der Waals surface area contributed by atoms with Crippen molar-refractivity contribution in [1.29, 1.82) is 0 Å². The van der Waals surface area contributed by atoms with Gasteiger partial charge in [-0.25, -0.2) is 9.78 Å². The number of carbonyl (C=O) groups is 1. The van der Waals surface area contributed by atoms with Crippen LogP contribution in [0.1, 0.15) is 18.9 Å². The van der Waals surface area contributed by atoms with E-state index in [-0.39, 0.29) is 0 Å². The summed E-state index contributed by atoms with van der Waals surface area (Å²) in [7, 11) is 0. The van der Waals surface area contributed by atoms with E-state index in [1.54, 1.807) is 12.1 Å². The van der Waals surface area contributed by atoms with Crippen molar-refractivity contribution < 1.29 is 9.90 Å². The van der Waals surface area contributed by atoms with E-state index in [1.165, 1.54) is 6.20 Å². The van der Waals surface area contributed by atoms with Gasteiger partial charge in [0, 0.05) is 18.2 Å². The Morgan fingerprint density at radius 2 is 2.43 bits per heavy atom. The summed E-state index contributed by atoms with van der Waals surface area (Å²) >= 11 is 0. The summed E-state index contributed by atoms with van der Waals surface area (Å²) in [5, 5.41) is 10.5. The van der Waals surface area contributed by atoms with Crippen LogP contribution in [0.25, 0.3) is 0 Å². The van der Waals surface area contributed by atoms with Gasteiger partial charge < -0.3 is 5.11 Å². The number of nitrogens with one attached hydrogen (secondary N) is 1. The van der Waals surface area contributed by atoms with Gasteiger partial charge in [-0.3, -0.25) is 5.32 Å². The van der Waals surface area contributed by atoms with Crippen LogP contribution in [0.5, 0.6) is 0 Å². The molecule has 0 aromatic carbocycles. The van der Waals surface area contributed by atoms with Crippen molar-refractivity contribution in [1.82, 2.24) is 4.98 Å². The monoisotopic (exact) mass is 190 g/mol. The molecule has 0 atom stereocenters. The molecular formula is C10H10N2O2. The minimum Gasteiger partial charge on any atom is -0.465 e. The van der Waals surface area contributed by atoms with Gasteiger partial charge in [0.25, 0.3) is 0 Å². The molecule has 0 aliphatic heterocycles. The summed E-state index contributed by atoms with van der Waals surface area (Å²) in [6.45, 7) is 1.96. The molecule has 72 valence electrons. The molecule has 0 bridgehead atoms. The minimum absolute atomic E-state index is 0.305. The molecule has 0 fully saturated rings. The third-order valence-electron chi connectivity index (χ3n) is 1.41. The largest absolute Gasteiger partial charge is 0.465 e. The van der Waals surface area contributed by atoms with E-state index in [0.717, 1.165) is 12.0 Å². The number of nitrogens with zero attached hydrogens (tertiary/aromatic N) is 1. The SMILES string of the molecule is CCC#Cc1ccc(NC(=O)O)nc1. The number of carboxylic acid groups (broad SMARTS) is 1. The van der Waals surface area contributed by atoms with Crippen LogP contribution >= 0.6 is 0 Å². The molecule has 0 radical (unpaired) electrons. The molecule has 0 saturated heterocycles. The number of amides is 1. The molecule has 0 unspecified atom stereocenters. The summed E-state index contributed by atoms with van der Waals surface area (Å²) < 4.78 is 0. The molecule has 2 N–H and O–H groups in total. The fraction of sp³-hybridized carbons (Fsp3) is 0.200. The van der Waals surface area contributed by atoms with E-state index in [9.17, 15) is 4.79 Å². The Kier molecular flexibility index (Phi) is 3.50. The minimum atomic E-state index is -1.12. The van der Waals surface area contributed by atoms with E-state index in [2.05, 4.69) is 22.1 Å². The Morgan fingerprint density at radius 3 is 2.93 bits per heavy atom. The maximum Gasteiger partial charge on any atom is 0.410 e. The smallest absolute Gasteiger partial charge is 0.410 e. The lowest BCUT2D eigenvalue weighted by Gasteiger charge is -1.97. The highest BCUT2D eigenvalue weighted by Crippen LogP contribution is 2.03. The average molecular weight is 190 g/mol. The lowest BCUT2D eigenvalue weighted by Crippen LogP contribution is -2.08. The van der Waals surface area contributed by atoms with Crippen molar-refractivity contribution in [2.24, 2.45) is 0 Å². The van der Waals surface area contributed by atoms with Crippen molar-refractivity contribution in [3.63, 3.8) is 0 Å². The topological polar surface area (TPSA) is 62.2 Å². The van der Waals surface area contributed by atoms with Crippen molar-refractivity contribution in [2.45, 2.75) is 13.3 Å². The second kappa shape index (κ2) is 4.87. The van der Waals surface area contributed by atoms with Crippen molar-refractivity contribution >= 4 is 11.9 Å². The molecule has 0 spiro atoms. The van der Waals surface area contributed by atoms with Crippen LogP contribution in [0.15, 0.2) is 18.3 Å². The van der Waals surface area contributed by atoms with E-state index in [1.807, 2.05) is 6.92 Å². The zero-order valence-electron chi connectivity index (χ0n) is 7.74. The molecule has 0 aliphatic carbocycles. The highest BCUT2D eigenvalue weighted by atomic mass is 16.4. The van der Waals surface area contributed by atoms with E-state index >= 15 is 0 Å². The summed E-state index contributed by atoms with van der Waals surface area (Å²) in [6, 6.07) is 3.30. The number of hydrogen-bond donors (Lipinski definition) is 2. The molecule has 1 aromatic rings. The molecule has 4 nitrogen and oxygen atoms in total. The first kappa shape index (κ1) is 10.1. The molecule has 4 heteroatoms. The van der Waals surface area contributed by atoms with Crippen molar-refractivity contribution in [3.05, 3.63) is 23.9 Å². The van der Waals surface area contributed by atoms with Crippen LogP contribution in [0.4, 0.5) is 10.6 Å². The lowest BCUT2D eigenvalue weighted by atomic mass is 10.3. The predicted octanol–water partition coefficient (Wildman–Crippen LogP) is 1.93. The number of anilines is 1. The zero-order chi connectivity index (χ0) is 10.4. The summed E-state index contributed by atoms with van der Waals surface area (Å²) in [4.78, 5) is 14.1. The molecule has 0 aliphatic rings. The van der Waals surface area contributed by atoms with Gasteiger partial charge in [0.15, 0.2) is 0 Å². The van der Waals surface area contributed by atoms with Crippen LogP contribution < -0.4 is 5.32 Å². The third kappa shape index (κ3) is 3.15. The number of pyridine rings is 1. The zero-order valence-corrected chi connectivity index (χ0v) is 7.74. The Morgan fingerprint density at radius 1 is 1.64 bits per heavy atom. The second-order valence-electron chi connectivity index (χ2n) is 2.52. The lowest BCUT2D eigenvalue weighted by molar-refractivity contribution is 0.209. The van der Waals surface area contributed by atoms with Crippen LogP contribution in [0.2, 0.25) is 0 Å². The first-order chi connectivity index (χ1) is 6.72. The molecular weight excluding hydrogens is 180 g/mol. The first-order valence-corrected chi connectivity index (χ1v) is 4.17. The first-order valence-electron chi connectivity index (χ1n) is 4.17. The Hall–Kier alpha value is -2.02. The van der Waals surface area contributed by atoms with Gasteiger partial charge in [-0.05, 0) is 12.1 Å². The standard InChI is InChI=1S/C10H10N2O2/c1-2-3-4-8-5-6-9(11-7-8)12-10(13)14/h5-7H,2H2,1H3,(H,11,12)(H,13,14). The quantitative estimate of drug-likeness (QED) is 0.665. The van der Waals surface area contributed by atoms with Gasteiger partial charge in [-0.15, -0.1) is 0 Å². The fourth-order valence-corrected chi connectivity index (χ4v) is 0.842. The van der Waals surface area contributed by atoms with Gasteiger partial charge >= 0.3 is 6.09 Å². The fourth-order valence-electron chi connectivity index (χ4n) is 0.842. The van der Waals surface area contributed by atoms with Crippen LogP contribution in [-0.2, 0) is 0 Å². The van der Waals surface area contributed by atoms with Crippen LogP contribution in [0.3, 0.4) is 0 Å². The highest BCUT2D eigenvalue weighted by molar-refractivity contribution is 5.81. The molecule has 1 amide bonds. The second-order valence-corrected chi connectivity index (χ2v) is 2.52. The third-order valence-corrected chi connectivity index (χ3v) is 1.41. The average Bonchev–Trinajstić information content (AvgIpc) is 2.16. The number of hydrogen-bond acceptors (Lipinski definition) is 2. The molecule has 1 heterocycles. The Bertz CT molecular complexity index is 373. The Labute approximate surface area is 82.0 Å².